The minimum atomic E-state index is -1.80. The van der Waals surface area contributed by atoms with E-state index >= 15 is 4.39 Å². The van der Waals surface area contributed by atoms with Crippen LogP contribution in [-0.4, -0.2) is 36.5 Å². The van der Waals surface area contributed by atoms with Crippen LogP contribution in [-0.2, 0) is 4.79 Å². The van der Waals surface area contributed by atoms with Crippen LogP contribution in [0.1, 0.15) is 62.6 Å². The third-order valence-corrected chi connectivity index (χ3v) is 7.01. The minimum absolute atomic E-state index is 0.0380. The molecule has 1 aliphatic carbocycles. The minimum Gasteiger partial charge on any atom is -0.479 e. The topological polar surface area (TPSA) is 91.1 Å². The molecule has 0 atom stereocenters. The van der Waals surface area contributed by atoms with Crippen LogP contribution in [0.5, 0.6) is 0 Å². The summed E-state index contributed by atoms with van der Waals surface area (Å²) in [6, 6.07) is 5.35. The number of nitrogens with zero attached hydrogens (tertiary/aromatic N) is 2. The molecule has 2 aromatic carbocycles. The van der Waals surface area contributed by atoms with Crippen LogP contribution < -0.4 is 0 Å². The smallest absolute Gasteiger partial charge is 0.335 e. The second-order valence-corrected chi connectivity index (χ2v) is 9.42. The molecule has 6 nitrogen and oxygen atoms in total. The Bertz CT molecular complexity index is 1430. The predicted octanol–water partition coefficient (Wildman–Crippen LogP) is 5.52. The molecule has 0 aliphatic heterocycles. The maximum atomic E-state index is 15.9. The molecule has 0 unspecified atom stereocenters. The summed E-state index contributed by atoms with van der Waals surface area (Å²) >= 11 is 0. The number of fused-ring (bicyclic) bond motifs is 2. The van der Waals surface area contributed by atoms with Crippen LogP contribution in [0.25, 0.3) is 27.5 Å². The molecular weight excluding hydrogens is 447 g/mol. The summed E-state index contributed by atoms with van der Waals surface area (Å²) in [5.74, 6) is -4.08. The van der Waals surface area contributed by atoms with E-state index in [0.717, 1.165) is 17.8 Å². The molecule has 34 heavy (non-hydrogen) atoms. The fourth-order valence-corrected chi connectivity index (χ4v) is 5.33. The number of carboxylic acid groups (broad SMARTS) is 1. The molecule has 4 aromatic rings. The molecule has 2 heterocycles. The summed E-state index contributed by atoms with van der Waals surface area (Å²) in [5, 5.41) is 27.4. The van der Waals surface area contributed by atoms with Crippen LogP contribution in [0.3, 0.4) is 0 Å². The number of hydrogen-bond donors (Lipinski definition) is 3. The molecule has 0 bridgehead atoms. The lowest BCUT2D eigenvalue weighted by Gasteiger charge is -2.33. The molecule has 0 radical (unpaired) electrons. The van der Waals surface area contributed by atoms with Gasteiger partial charge in [0.1, 0.15) is 5.52 Å². The number of hydrogen-bond acceptors (Lipinski definition) is 3. The molecule has 3 N–H and O–H groups in total. The molecule has 9 heteroatoms. The van der Waals surface area contributed by atoms with Crippen LogP contribution >= 0.6 is 0 Å². The number of rotatable bonds is 4. The van der Waals surface area contributed by atoms with Crippen molar-refractivity contribution < 1.29 is 28.2 Å². The zero-order chi connectivity index (χ0) is 24.4. The van der Waals surface area contributed by atoms with Crippen LogP contribution in [0.4, 0.5) is 13.2 Å². The summed E-state index contributed by atoms with van der Waals surface area (Å²) in [6.45, 7) is 3.88. The van der Waals surface area contributed by atoms with Crippen LogP contribution in [0.15, 0.2) is 30.5 Å². The van der Waals surface area contributed by atoms with Gasteiger partial charge in [0, 0.05) is 28.2 Å². The molecule has 2 aromatic heterocycles. The number of nitrogens with one attached hydrogen (secondary N) is 1. The third kappa shape index (κ3) is 3.29. The molecular formula is C25H24F3N3O3. The van der Waals surface area contributed by atoms with Crippen molar-refractivity contribution in [1.82, 2.24) is 14.8 Å². The zero-order valence-electron chi connectivity index (χ0n) is 18.7. The van der Waals surface area contributed by atoms with E-state index < -0.39 is 29.0 Å². The fourth-order valence-electron chi connectivity index (χ4n) is 5.33. The predicted molar refractivity (Wildman–Crippen MR) is 121 cm³/mol. The Kier molecular flexibility index (Phi) is 5.20. The molecule has 0 saturated heterocycles. The van der Waals surface area contributed by atoms with Gasteiger partial charge < -0.3 is 14.8 Å². The lowest BCUT2D eigenvalue weighted by atomic mass is 9.74. The van der Waals surface area contributed by atoms with E-state index in [4.69, 9.17) is 0 Å². The number of benzene rings is 2. The van der Waals surface area contributed by atoms with Gasteiger partial charge in [0.15, 0.2) is 23.1 Å². The maximum absolute atomic E-state index is 15.9. The molecule has 5 rings (SSSR count). The number of carbonyl (C=O) groups is 1. The lowest BCUT2D eigenvalue weighted by molar-refractivity contribution is -0.162. The number of aliphatic carboxylic acids is 1. The van der Waals surface area contributed by atoms with Gasteiger partial charge in [0.25, 0.3) is 0 Å². The number of halogens is 3. The molecule has 0 spiro atoms. The van der Waals surface area contributed by atoms with Crippen molar-refractivity contribution in [3.8, 4) is 5.69 Å². The average molecular weight is 471 g/mol. The van der Waals surface area contributed by atoms with Gasteiger partial charge in [0.2, 0.25) is 0 Å². The SMILES string of the molecule is CC(C)c1c(C2CCC(O)(C(=O)O)CC2)c2c(F)c3[nH]ncc3cc2n1-c1ccc(F)c(F)c1. The van der Waals surface area contributed by atoms with Crippen molar-refractivity contribution in [2.24, 2.45) is 0 Å². The summed E-state index contributed by atoms with van der Waals surface area (Å²) in [7, 11) is 0. The van der Waals surface area contributed by atoms with Crippen LogP contribution in [0.2, 0.25) is 0 Å². The molecule has 1 aliphatic rings. The van der Waals surface area contributed by atoms with E-state index in [2.05, 4.69) is 10.2 Å². The van der Waals surface area contributed by atoms with E-state index in [1.807, 2.05) is 13.8 Å². The summed E-state index contributed by atoms with van der Waals surface area (Å²) < 4.78 is 45.7. The van der Waals surface area contributed by atoms with Crippen molar-refractivity contribution in [2.75, 3.05) is 0 Å². The summed E-state index contributed by atoms with van der Waals surface area (Å²) in [4.78, 5) is 11.5. The highest BCUT2D eigenvalue weighted by molar-refractivity contribution is 5.99. The normalized spacial score (nSPS) is 21.1. The van der Waals surface area contributed by atoms with Crippen molar-refractivity contribution >= 4 is 27.8 Å². The Morgan fingerprint density at radius 2 is 1.88 bits per heavy atom. The average Bonchev–Trinajstić information content (AvgIpc) is 3.39. The van der Waals surface area contributed by atoms with Gasteiger partial charge >= 0.3 is 5.97 Å². The quantitative estimate of drug-likeness (QED) is 0.366. The van der Waals surface area contributed by atoms with Gasteiger partial charge in [-0.3, -0.25) is 5.10 Å². The van der Waals surface area contributed by atoms with Crippen molar-refractivity contribution in [3.63, 3.8) is 0 Å². The Morgan fingerprint density at radius 1 is 1.18 bits per heavy atom. The second-order valence-electron chi connectivity index (χ2n) is 9.42. The third-order valence-electron chi connectivity index (χ3n) is 7.01. The maximum Gasteiger partial charge on any atom is 0.335 e. The fraction of sp³-hybridized carbons (Fsp3) is 0.360. The largest absolute Gasteiger partial charge is 0.479 e. The van der Waals surface area contributed by atoms with Crippen molar-refractivity contribution in [1.29, 1.82) is 0 Å². The van der Waals surface area contributed by atoms with Crippen molar-refractivity contribution in [3.05, 3.63) is 59.2 Å². The van der Waals surface area contributed by atoms with Crippen LogP contribution in [0, 0.1) is 17.5 Å². The Morgan fingerprint density at radius 3 is 2.50 bits per heavy atom. The number of aromatic amines is 1. The van der Waals surface area contributed by atoms with E-state index in [1.54, 1.807) is 10.6 Å². The van der Waals surface area contributed by atoms with E-state index in [1.165, 1.54) is 12.3 Å². The van der Waals surface area contributed by atoms with Crippen molar-refractivity contribution in [2.45, 2.75) is 57.0 Å². The van der Waals surface area contributed by atoms with E-state index in [9.17, 15) is 23.8 Å². The monoisotopic (exact) mass is 471 g/mol. The Balaban J connectivity index is 1.82. The van der Waals surface area contributed by atoms with Gasteiger partial charge in [-0.2, -0.15) is 5.10 Å². The zero-order valence-corrected chi connectivity index (χ0v) is 18.7. The van der Waals surface area contributed by atoms with Gasteiger partial charge in [-0.05, 0) is 61.3 Å². The Hall–Kier alpha value is -3.33. The standard InChI is InChI=1S/C25H24F3N3O3/c1-12(2)23-19(13-5-7-25(34,8-6-13)24(32)33)20-18(9-14-11-29-30-22(14)21(20)28)31(23)15-3-4-16(26)17(27)10-15/h3-4,9-13,34H,5-8H2,1-2H3,(H,29,30)(H,32,33). The molecule has 1 fully saturated rings. The Labute approximate surface area is 193 Å². The summed E-state index contributed by atoms with van der Waals surface area (Å²) in [5.41, 5.74) is 0.739. The molecule has 0 amide bonds. The van der Waals surface area contributed by atoms with Gasteiger partial charge in [-0.1, -0.05) is 13.8 Å². The molecule has 1 saturated carbocycles. The highest BCUT2D eigenvalue weighted by atomic mass is 19.2. The van der Waals surface area contributed by atoms with Gasteiger partial charge in [-0.15, -0.1) is 0 Å². The lowest BCUT2D eigenvalue weighted by Crippen LogP contribution is -2.41. The highest BCUT2D eigenvalue weighted by Gasteiger charge is 2.42. The first-order valence-corrected chi connectivity index (χ1v) is 11.2. The van der Waals surface area contributed by atoms with E-state index in [0.29, 0.717) is 40.4 Å². The second kappa shape index (κ2) is 7.87. The number of aromatic nitrogens is 3. The van der Waals surface area contributed by atoms with Gasteiger partial charge in [-0.25, -0.2) is 18.0 Å². The van der Waals surface area contributed by atoms with Gasteiger partial charge in [0.05, 0.1) is 11.7 Å². The first-order valence-electron chi connectivity index (χ1n) is 11.2. The van der Waals surface area contributed by atoms with E-state index in [-0.39, 0.29) is 30.2 Å². The number of carboxylic acids is 1. The first-order chi connectivity index (χ1) is 16.1. The number of aliphatic hydroxyl groups is 1. The molecule has 178 valence electrons. The first kappa shape index (κ1) is 22.5. The summed E-state index contributed by atoms with van der Waals surface area (Å²) in [6.07, 6.45) is 2.27. The number of H-pyrrole nitrogens is 1. The highest BCUT2D eigenvalue weighted by Crippen LogP contribution is 2.47.